The molecule has 1 aromatic carbocycles. The third kappa shape index (κ3) is 4.85. The van der Waals surface area contributed by atoms with Crippen molar-refractivity contribution in [3.05, 3.63) is 18.2 Å². The Labute approximate surface area is 189 Å². The van der Waals surface area contributed by atoms with Crippen LogP contribution in [0.2, 0.25) is 0 Å². The standard InChI is InChI=1S/C22H31N5O4S/c23-17-22(7-1-2-8-22)25-21(28)16-24-19-15-18(5-6-20(19)26-9-3-4-10-26)32(29,30)27-11-13-31-14-12-27/h5-6,15,24H,1-4,7-14,16H2,(H,25,28). The SMILES string of the molecule is N#CC1(NC(=O)CNc2cc(S(=O)(=O)N3CCOCC3)ccc2N2CCCC2)CCCC1. The molecule has 0 bridgehead atoms. The molecule has 174 valence electrons. The molecule has 3 fully saturated rings. The van der Waals surface area contributed by atoms with Crippen LogP contribution < -0.4 is 15.5 Å². The van der Waals surface area contributed by atoms with Crippen LogP contribution in [0.15, 0.2) is 23.1 Å². The number of anilines is 2. The molecular formula is C22H31N5O4S. The van der Waals surface area contributed by atoms with Crippen molar-refractivity contribution < 1.29 is 17.9 Å². The van der Waals surface area contributed by atoms with Gasteiger partial charge in [0.2, 0.25) is 15.9 Å². The Kier molecular flexibility index (Phi) is 6.88. The second-order valence-corrected chi connectivity index (χ2v) is 10.6. The molecule has 2 N–H and O–H groups in total. The predicted octanol–water partition coefficient (Wildman–Crippen LogP) is 1.67. The Morgan fingerprint density at radius 3 is 2.44 bits per heavy atom. The van der Waals surface area contributed by atoms with Crippen molar-refractivity contribution in [2.24, 2.45) is 0 Å². The molecule has 1 aromatic rings. The van der Waals surface area contributed by atoms with Crippen LogP contribution in [0.25, 0.3) is 0 Å². The Balaban J connectivity index is 1.53. The summed E-state index contributed by atoms with van der Waals surface area (Å²) < 4.78 is 33.0. The highest BCUT2D eigenvalue weighted by Gasteiger charge is 2.35. The molecule has 0 aromatic heterocycles. The van der Waals surface area contributed by atoms with Gasteiger partial charge in [0.1, 0.15) is 5.54 Å². The molecule has 0 radical (unpaired) electrons. The number of morpholine rings is 1. The highest BCUT2D eigenvalue weighted by molar-refractivity contribution is 7.89. The molecule has 4 rings (SSSR count). The monoisotopic (exact) mass is 461 g/mol. The minimum Gasteiger partial charge on any atom is -0.379 e. The number of nitriles is 1. The summed E-state index contributed by atoms with van der Waals surface area (Å²) in [6.45, 7) is 3.20. The van der Waals surface area contributed by atoms with Gasteiger partial charge < -0.3 is 20.3 Å². The van der Waals surface area contributed by atoms with E-state index >= 15 is 0 Å². The van der Waals surface area contributed by atoms with Crippen LogP contribution in [0.4, 0.5) is 11.4 Å². The van der Waals surface area contributed by atoms with E-state index in [0.29, 0.717) is 44.8 Å². The van der Waals surface area contributed by atoms with Crippen LogP contribution in [0.1, 0.15) is 38.5 Å². The zero-order valence-electron chi connectivity index (χ0n) is 18.3. The lowest BCUT2D eigenvalue weighted by atomic mass is 10.00. The summed E-state index contributed by atoms with van der Waals surface area (Å²) in [4.78, 5) is 15.0. The number of nitrogens with one attached hydrogen (secondary N) is 2. The zero-order valence-corrected chi connectivity index (χ0v) is 19.1. The van der Waals surface area contributed by atoms with E-state index in [1.807, 2.05) is 6.07 Å². The number of benzene rings is 1. The van der Waals surface area contributed by atoms with E-state index in [-0.39, 0.29) is 17.3 Å². The summed E-state index contributed by atoms with van der Waals surface area (Å²) in [7, 11) is -3.64. The van der Waals surface area contributed by atoms with E-state index < -0.39 is 15.6 Å². The molecule has 3 aliphatic rings. The largest absolute Gasteiger partial charge is 0.379 e. The molecule has 0 spiro atoms. The lowest BCUT2D eigenvalue weighted by Crippen LogP contribution is -2.47. The molecule has 1 amide bonds. The number of hydrogen-bond donors (Lipinski definition) is 2. The average Bonchev–Trinajstić information content (AvgIpc) is 3.51. The Morgan fingerprint density at radius 2 is 1.78 bits per heavy atom. The maximum Gasteiger partial charge on any atom is 0.243 e. The van der Waals surface area contributed by atoms with Gasteiger partial charge in [-0.2, -0.15) is 9.57 Å². The normalized spacial score (nSPS) is 21.3. The van der Waals surface area contributed by atoms with Gasteiger partial charge in [0, 0.05) is 26.2 Å². The second-order valence-electron chi connectivity index (χ2n) is 8.69. The van der Waals surface area contributed by atoms with Crippen molar-refractivity contribution in [3.8, 4) is 6.07 Å². The summed E-state index contributed by atoms with van der Waals surface area (Å²) in [5.74, 6) is -0.262. The van der Waals surface area contributed by atoms with Crippen molar-refractivity contribution >= 4 is 27.3 Å². The Hall–Kier alpha value is -2.35. The number of ether oxygens (including phenoxy) is 1. The lowest BCUT2D eigenvalue weighted by molar-refractivity contribution is -0.120. The van der Waals surface area contributed by atoms with Crippen molar-refractivity contribution in [2.75, 3.05) is 56.2 Å². The van der Waals surface area contributed by atoms with Crippen LogP contribution in [0, 0.1) is 11.3 Å². The fourth-order valence-electron chi connectivity index (χ4n) is 4.72. The summed E-state index contributed by atoms with van der Waals surface area (Å²) in [5.41, 5.74) is 0.735. The fraction of sp³-hybridized carbons (Fsp3) is 0.636. The molecule has 1 aliphatic carbocycles. The first-order valence-electron chi connectivity index (χ1n) is 11.4. The van der Waals surface area contributed by atoms with Crippen LogP contribution in [0.3, 0.4) is 0 Å². The second kappa shape index (κ2) is 9.65. The number of rotatable bonds is 7. The molecule has 2 heterocycles. The number of carbonyl (C=O) groups is 1. The summed E-state index contributed by atoms with van der Waals surface area (Å²) in [6, 6.07) is 7.36. The number of amides is 1. The summed E-state index contributed by atoms with van der Waals surface area (Å²) in [5, 5.41) is 15.5. The minimum atomic E-state index is -3.64. The maximum absolute atomic E-state index is 13.1. The highest BCUT2D eigenvalue weighted by Crippen LogP contribution is 2.33. The molecule has 32 heavy (non-hydrogen) atoms. The van der Waals surface area contributed by atoms with Gasteiger partial charge in [-0.3, -0.25) is 4.79 Å². The van der Waals surface area contributed by atoms with E-state index in [2.05, 4.69) is 21.6 Å². The van der Waals surface area contributed by atoms with Crippen molar-refractivity contribution in [1.82, 2.24) is 9.62 Å². The quantitative estimate of drug-likeness (QED) is 0.635. The molecule has 0 unspecified atom stereocenters. The minimum absolute atomic E-state index is 0.0225. The average molecular weight is 462 g/mol. The molecule has 2 aliphatic heterocycles. The zero-order chi connectivity index (χ0) is 22.6. The van der Waals surface area contributed by atoms with Crippen LogP contribution in [-0.4, -0.2) is 70.1 Å². The van der Waals surface area contributed by atoms with E-state index in [0.717, 1.165) is 44.5 Å². The smallest absolute Gasteiger partial charge is 0.243 e. The van der Waals surface area contributed by atoms with Crippen LogP contribution in [-0.2, 0) is 19.6 Å². The molecule has 0 atom stereocenters. The first kappa shape index (κ1) is 22.8. The van der Waals surface area contributed by atoms with Gasteiger partial charge in [-0.1, -0.05) is 0 Å². The van der Waals surface area contributed by atoms with Gasteiger partial charge in [-0.05, 0) is 56.7 Å². The number of carbonyl (C=O) groups excluding carboxylic acids is 1. The van der Waals surface area contributed by atoms with E-state index in [9.17, 15) is 18.5 Å². The fourth-order valence-corrected chi connectivity index (χ4v) is 6.15. The van der Waals surface area contributed by atoms with Gasteiger partial charge in [-0.15, -0.1) is 0 Å². The van der Waals surface area contributed by atoms with Gasteiger partial charge in [0.15, 0.2) is 0 Å². The van der Waals surface area contributed by atoms with Gasteiger partial charge in [0.05, 0.1) is 42.1 Å². The Bertz CT molecular complexity index is 973. The van der Waals surface area contributed by atoms with E-state index in [1.165, 1.54) is 4.31 Å². The highest BCUT2D eigenvalue weighted by atomic mass is 32.2. The third-order valence-corrected chi connectivity index (χ3v) is 8.41. The third-order valence-electron chi connectivity index (χ3n) is 6.51. The van der Waals surface area contributed by atoms with Gasteiger partial charge >= 0.3 is 0 Å². The summed E-state index contributed by atoms with van der Waals surface area (Å²) >= 11 is 0. The first-order chi connectivity index (χ1) is 15.4. The van der Waals surface area contributed by atoms with Crippen molar-refractivity contribution in [2.45, 2.75) is 49.0 Å². The number of hydrogen-bond acceptors (Lipinski definition) is 7. The van der Waals surface area contributed by atoms with Crippen LogP contribution >= 0.6 is 0 Å². The van der Waals surface area contributed by atoms with Crippen LogP contribution in [0.5, 0.6) is 0 Å². The Morgan fingerprint density at radius 1 is 1.09 bits per heavy atom. The van der Waals surface area contributed by atoms with E-state index in [4.69, 9.17) is 4.74 Å². The number of sulfonamides is 1. The number of nitrogens with zero attached hydrogens (tertiary/aromatic N) is 3. The molecule has 2 saturated heterocycles. The molecule has 9 nitrogen and oxygen atoms in total. The molecule has 1 saturated carbocycles. The molecule has 10 heteroatoms. The topological polar surface area (TPSA) is 115 Å². The van der Waals surface area contributed by atoms with Gasteiger partial charge in [-0.25, -0.2) is 8.42 Å². The summed E-state index contributed by atoms with van der Waals surface area (Å²) in [6.07, 6.45) is 5.36. The van der Waals surface area contributed by atoms with Crippen molar-refractivity contribution in [1.29, 1.82) is 5.26 Å². The van der Waals surface area contributed by atoms with Crippen molar-refractivity contribution in [3.63, 3.8) is 0 Å². The first-order valence-corrected chi connectivity index (χ1v) is 12.8. The van der Waals surface area contributed by atoms with Gasteiger partial charge in [0.25, 0.3) is 0 Å². The van der Waals surface area contributed by atoms with E-state index in [1.54, 1.807) is 12.1 Å². The lowest BCUT2D eigenvalue weighted by Gasteiger charge is -2.27. The maximum atomic E-state index is 13.1. The molecular weight excluding hydrogens is 430 g/mol. The predicted molar refractivity (Wildman–Crippen MR) is 121 cm³/mol.